The Morgan fingerprint density at radius 2 is 2.32 bits per heavy atom. The number of fused-ring (bicyclic) bond motifs is 1. The fraction of sp³-hybridized carbons (Fsp3) is 0.455. The van der Waals surface area contributed by atoms with Crippen molar-refractivity contribution < 1.29 is 14.6 Å². The van der Waals surface area contributed by atoms with Crippen molar-refractivity contribution in [3.8, 4) is 0 Å². The van der Waals surface area contributed by atoms with E-state index in [0.717, 1.165) is 0 Å². The van der Waals surface area contributed by atoms with Crippen LogP contribution in [0.25, 0.3) is 11.2 Å². The zero-order valence-electron chi connectivity index (χ0n) is 10.5. The number of esters is 1. The Morgan fingerprint density at radius 1 is 1.53 bits per heavy atom. The molecule has 0 aliphatic carbocycles. The molecule has 0 saturated heterocycles. The Labute approximate surface area is 109 Å². The second-order valence-corrected chi connectivity index (χ2v) is 3.99. The fourth-order valence-corrected chi connectivity index (χ4v) is 1.74. The lowest BCUT2D eigenvalue weighted by Crippen LogP contribution is -2.21. The molecule has 0 bridgehead atoms. The Kier molecular flexibility index (Phi) is 3.91. The van der Waals surface area contributed by atoms with E-state index in [4.69, 9.17) is 10.5 Å². The van der Waals surface area contributed by atoms with Crippen LogP contribution in [0.15, 0.2) is 12.7 Å². The minimum absolute atomic E-state index is 0.0753. The van der Waals surface area contributed by atoms with Gasteiger partial charge in [0.2, 0.25) is 0 Å². The van der Waals surface area contributed by atoms with Gasteiger partial charge in [0.25, 0.3) is 0 Å². The number of nitrogens with two attached hydrogens (primary N) is 1. The average Bonchev–Trinajstić information content (AvgIpc) is 2.74. The number of nitrogens with zero attached hydrogens (tertiary/aromatic N) is 4. The predicted octanol–water partition coefficient (Wildman–Crippen LogP) is -0.277. The second-order valence-electron chi connectivity index (χ2n) is 3.99. The van der Waals surface area contributed by atoms with Gasteiger partial charge in [0.1, 0.15) is 11.8 Å². The molecule has 0 aliphatic heterocycles. The number of nitrogen functional groups attached to an aromatic ring is 1. The quantitative estimate of drug-likeness (QED) is 0.714. The van der Waals surface area contributed by atoms with Gasteiger partial charge in [-0.25, -0.2) is 15.0 Å². The van der Waals surface area contributed by atoms with Gasteiger partial charge in [0.15, 0.2) is 11.5 Å². The monoisotopic (exact) mass is 265 g/mol. The summed E-state index contributed by atoms with van der Waals surface area (Å²) in [4.78, 5) is 23.2. The van der Waals surface area contributed by atoms with Crippen molar-refractivity contribution in [2.45, 2.75) is 26.0 Å². The topological polar surface area (TPSA) is 116 Å². The zero-order valence-corrected chi connectivity index (χ0v) is 10.5. The summed E-state index contributed by atoms with van der Waals surface area (Å²) >= 11 is 0. The summed E-state index contributed by atoms with van der Waals surface area (Å²) in [5.74, 6) is -0.155. The molecule has 0 aliphatic rings. The summed E-state index contributed by atoms with van der Waals surface area (Å²) in [6.07, 6.45) is 1.89. The highest BCUT2D eigenvalue weighted by molar-refractivity contribution is 5.81. The number of imidazole rings is 1. The number of hydrogen-bond donors (Lipinski definition) is 2. The van der Waals surface area contributed by atoms with Crippen LogP contribution in [0.4, 0.5) is 5.82 Å². The number of hydrogen-bond acceptors (Lipinski definition) is 7. The van der Waals surface area contributed by atoms with E-state index >= 15 is 0 Å². The van der Waals surface area contributed by atoms with Crippen LogP contribution in [0, 0.1) is 0 Å². The molecule has 102 valence electrons. The molecular weight excluding hydrogens is 250 g/mol. The highest BCUT2D eigenvalue weighted by atomic mass is 16.5. The van der Waals surface area contributed by atoms with Gasteiger partial charge in [-0.05, 0) is 6.92 Å². The molecule has 3 N–H and O–H groups in total. The highest BCUT2D eigenvalue weighted by Gasteiger charge is 2.15. The summed E-state index contributed by atoms with van der Waals surface area (Å²) in [6.45, 7) is 2.20. The largest absolute Gasteiger partial charge is 0.466 e. The highest BCUT2D eigenvalue weighted by Crippen LogP contribution is 2.14. The Hall–Kier alpha value is -2.22. The number of carbonyl (C=O) groups is 1. The molecule has 0 fully saturated rings. The van der Waals surface area contributed by atoms with Crippen LogP contribution in [-0.4, -0.2) is 43.3 Å². The molecule has 2 heterocycles. The molecule has 0 saturated carbocycles. The minimum Gasteiger partial charge on any atom is -0.466 e. The first-order valence-electron chi connectivity index (χ1n) is 5.86. The van der Waals surface area contributed by atoms with E-state index in [2.05, 4.69) is 15.0 Å². The lowest BCUT2D eigenvalue weighted by molar-refractivity contribution is -0.145. The van der Waals surface area contributed by atoms with Crippen molar-refractivity contribution in [3.05, 3.63) is 12.7 Å². The third kappa shape index (κ3) is 2.97. The Balaban J connectivity index is 2.09. The number of aliphatic hydroxyl groups is 1. The molecule has 2 aromatic heterocycles. The van der Waals surface area contributed by atoms with Gasteiger partial charge in [-0.3, -0.25) is 4.79 Å². The average molecular weight is 265 g/mol. The first kappa shape index (κ1) is 13.2. The summed E-state index contributed by atoms with van der Waals surface area (Å²) < 4.78 is 6.39. The van der Waals surface area contributed by atoms with Gasteiger partial charge < -0.3 is 20.1 Å². The Morgan fingerprint density at radius 3 is 3.05 bits per heavy atom. The van der Waals surface area contributed by atoms with Crippen LogP contribution in [0.2, 0.25) is 0 Å². The molecule has 0 spiro atoms. The molecule has 2 rings (SSSR count). The number of aliphatic hydroxyl groups excluding tert-OH is 1. The van der Waals surface area contributed by atoms with Gasteiger partial charge in [-0.1, -0.05) is 0 Å². The van der Waals surface area contributed by atoms with Gasteiger partial charge in [-0.2, -0.15) is 0 Å². The van der Waals surface area contributed by atoms with E-state index in [1.165, 1.54) is 12.7 Å². The fourth-order valence-electron chi connectivity index (χ4n) is 1.74. The maximum absolute atomic E-state index is 11.2. The van der Waals surface area contributed by atoms with Crippen LogP contribution in [-0.2, 0) is 16.1 Å². The van der Waals surface area contributed by atoms with Crippen LogP contribution in [0.1, 0.15) is 13.3 Å². The maximum atomic E-state index is 11.2. The SMILES string of the molecule is CCOC(=O)CC(O)Cn1cnc2c(N)ncnc21. The second kappa shape index (κ2) is 5.61. The normalized spacial score (nSPS) is 12.5. The number of anilines is 1. The molecular formula is C11H15N5O3. The molecule has 8 heteroatoms. The van der Waals surface area contributed by atoms with E-state index in [1.54, 1.807) is 11.5 Å². The number of aromatic nitrogens is 4. The molecule has 2 aromatic rings. The van der Waals surface area contributed by atoms with E-state index in [9.17, 15) is 9.90 Å². The lowest BCUT2D eigenvalue weighted by atomic mass is 10.2. The molecule has 19 heavy (non-hydrogen) atoms. The number of rotatable bonds is 5. The first-order valence-corrected chi connectivity index (χ1v) is 5.86. The molecule has 0 amide bonds. The predicted molar refractivity (Wildman–Crippen MR) is 67.0 cm³/mol. The molecule has 8 nitrogen and oxygen atoms in total. The van der Waals surface area contributed by atoms with Crippen LogP contribution >= 0.6 is 0 Å². The summed E-state index contributed by atoms with van der Waals surface area (Å²) in [5.41, 5.74) is 6.66. The number of carbonyl (C=O) groups excluding carboxylic acids is 1. The standard InChI is InChI=1S/C11H15N5O3/c1-2-19-8(18)3-7(17)4-16-6-15-9-10(12)13-5-14-11(9)16/h5-7,17H,2-4H2,1H3,(H2,12,13,14). The van der Waals surface area contributed by atoms with Crippen molar-refractivity contribution >= 4 is 23.0 Å². The van der Waals surface area contributed by atoms with Crippen molar-refractivity contribution in [2.75, 3.05) is 12.3 Å². The lowest BCUT2D eigenvalue weighted by Gasteiger charge is -2.10. The number of ether oxygens (including phenoxy) is 1. The van der Waals surface area contributed by atoms with Gasteiger partial charge in [0.05, 0.1) is 32.0 Å². The van der Waals surface area contributed by atoms with Crippen molar-refractivity contribution in [1.82, 2.24) is 19.5 Å². The first-order chi connectivity index (χ1) is 9.11. The minimum atomic E-state index is -0.868. The smallest absolute Gasteiger partial charge is 0.308 e. The van der Waals surface area contributed by atoms with E-state index in [1.807, 2.05) is 0 Å². The van der Waals surface area contributed by atoms with Crippen molar-refractivity contribution in [3.63, 3.8) is 0 Å². The third-order valence-electron chi connectivity index (χ3n) is 2.54. The van der Waals surface area contributed by atoms with E-state index in [0.29, 0.717) is 17.8 Å². The van der Waals surface area contributed by atoms with Gasteiger partial charge in [0, 0.05) is 0 Å². The van der Waals surface area contributed by atoms with Gasteiger partial charge in [-0.15, -0.1) is 0 Å². The van der Waals surface area contributed by atoms with E-state index < -0.39 is 12.1 Å². The molecule has 0 radical (unpaired) electrons. The summed E-state index contributed by atoms with van der Waals surface area (Å²) in [7, 11) is 0. The zero-order chi connectivity index (χ0) is 13.8. The van der Waals surface area contributed by atoms with Crippen molar-refractivity contribution in [2.24, 2.45) is 0 Å². The van der Waals surface area contributed by atoms with E-state index in [-0.39, 0.29) is 18.8 Å². The van der Waals surface area contributed by atoms with Crippen LogP contribution in [0.3, 0.4) is 0 Å². The molecule has 1 unspecified atom stereocenters. The molecule has 1 atom stereocenters. The molecule has 0 aromatic carbocycles. The van der Waals surface area contributed by atoms with Crippen LogP contribution < -0.4 is 5.73 Å². The Bertz CT molecular complexity index is 583. The maximum Gasteiger partial charge on any atom is 0.308 e. The summed E-state index contributed by atoms with van der Waals surface area (Å²) in [5, 5.41) is 9.82. The van der Waals surface area contributed by atoms with Crippen molar-refractivity contribution in [1.29, 1.82) is 0 Å². The van der Waals surface area contributed by atoms with Gasteiger partial charge >= 0.3 is 5.97 Å². The summed E-state index contributed by atoms with van der Waals surface area (Å²) in [6, 6.07) is 0. The third-order valence-corrected chi connectivity index (χ3v) is 2.54. The van der Waals surface area contributed by atoms with Crippen LogP contribution in [0.5, 0.6) is 0 Å².